The molecule has 0 radical (unpaired) electrons. The zero-order valence-corrected chi connectivity index (χ0v) is 17.7. The quantitative estimate of drug-likeness (QED) is 0.598. The molecule has 0 bridgehead atoms. The highest BCUT2D eigenvalue weighted by atomic mass is 79.9. The number of benzene rings is 1. The molecule has 9 heteroatoms. The molecule has 8 nitrogen and oxygen atoms in total. The molecule has 154 valence electrons. The maximum atomic E-state index is 12.3. The molecule has 1 atom stereocenters. The van der Waals surface area contributed by atoms with E-state index in [2.05, 4.69) is 41.8 Å². The lowest BCUT2D eigenvalue weighted by molar-refractivity contribution is 0.120. The number of halogens is 1. The number of nitrogens with one attached hydrogen (secondary N) is 3. The van der Waals surface area contributed by atoms with Crippen LogP contribution in [-0.2, 0) is 4.74 Å². The molecule has 1 aromatic carbocycles. The van der Waals surface area contributed by atoms with Crippen LogP contribution in [0.2, 0.25) is 0 Å². The molecular weight excluding hydrogens is 436 g/mol. The van der Waals surface area contributed by atoms with E-state index in [1.54, 1.807) is 6.20 Å². The lowest BCUT2D eigenvalue weighted by atomic mass is 10.2. The van der Waals surface area contributed by atoms with Gasteiger partial charge in [-0.3, -0.25) is 0 Å². The molecule has 2 fully saturated rings. The third-order valence-electron chi connectivity index (χ3n) is 5.03. The fourth-order valence-corrected chi connectivity index (χ4v) is 3.82. The highest BCUT2D eigenvalue weighted by molar-refractivity contribution is 9.10. The predicted octanol–water partition coefficient (Wildman–Crippen LogP) is 4.20. The Kier molecular flexibility index (Phi) is 6.46. The fraction of sp³-hybridized carbons (Fsp3) is 0.450. The van der Waals surface area contributed by atoms with E-state index in [9.17, 15) is 4.79 Å². The van der Waals surface area contributed by atoms with Gasteiger partial charge in [0.2, 0.25) is 5.95 Å². The summed E-state index contributed by atoms with van der Waals surface area (Å²) < 4.78 is 6.45. The van der Waals surface area contributed by atoms with Gasteiger partial charge in [0.25, 0.3) is 0 Å². The van der Waals surface area contributed by atoms with Crippen LogP contribution in [0.1, 0.15) is 25.7 Å². The summed E-state index contributed by atoms with van der Waals surface area (Å²) in [6, 6.07) is 7.49. The SMILES string of the molecule is O=C(Nc1cccc(Nc2ncc(Br)c(NCC3CCCO3)n2)c1)N1CCCC1. The van der Waals surface area contributed by atoms with E-state index >= 15 is 0 Å². The number of carbonyl (C=O) groups is 1. The summed E-state index contributed by atoms with van der Waals surface area (Å²) in [5.74, 6) is 1.20. The van der Waals surface area contributed by atoms with E-state index in [0.717, 1.165) is 67.0 Å². The first-order chi connectivity index (χ1) is 14.2. The monoisotopic (exact) mass is 460 g/mol. The van der Waals surface area contributed by atoms with Gasteiger partial charge in [-0.2, -0.15) is 4.98 Å². The van der Waals surface area contributed by atoms with Crippen molar-refractivity contribution in [2.24, 2.45) is 0 Å². The Hall–Kier alpha value is -2.39. The summed E-state index contributed by atoms with van der Waals surface area (Å²) in [6.45, 7) is 3.18. The van der Waals surface area contributed by atoms with E-state index in [-0.39, 0.29) is 12.1 Å². The zero-order chi connectivity index (χ0) is 20.1. The number of hydrogen-bond donors (Lipinski definition) is 3. The number of hydrogen-bond acceptors (Lipinski definition) is 6. The van der Waals surface area contributed by atoms with Gasteiger partial charge in [-0.25, -0.2) is 9.78 Å². The Morgan fingerprint density at radius 1 is 1.24 bits per heavy atom. The van der Waals surface area contributed by atoms with Gasteiger partial charge in [-0.1, -0.05) is 6.07 Å². The maximum absolute atomic E-state index is 12.3. The van der Waals surface area contributed by atoms with Crippen molar-refractivity contribution in [2.45, 2.75) is 31.8 Å². The van der Waals surface area contributed by atoms with Gasteiger partial charge in [0.15, 0.2) is 0 Å². The number of aromatic nitrogens is 2. The van der Waals surface area contributed by atoms with Gasteiger partial charge in [-0.15, -0.1) is 0 Å². The average Bonchev–Trinajstić information content (AvgIpc) is 3.43. The molecule has 2 aliphatic heterocycles. The summed E-state index contributed by atoms with van der Waals surface area (Å²) >= 11 is 3.49. The first kappa shape index (κ1) is 19.9. The van der Waals surface area contributed by atoms with Crippen LogP contribution in [-0.4, -0.2) is 53.2 Å². The zero-order valence-electron chi connectivity index (χ0n) is 16.2. The minimum absolute atomic E-state index is 0.0554. The van der Waals surface area contributed by atoms with Crippen LogP contribution in [0.15, 0.2) is 34.9 Å². The number of rotatable bonds is 6. The number of likely N-dealkylation sites (tertiary alicyclic amines) is 1. The van der Waals surface area contributed by atoms with E-state index in [1.807, 2.05) is 29.2 Å². The number of ether oxygens (including phenoxy) is 1. The molecule has 2 aliphatic rings. The van der Waals surface area contributed by atoms with E-state index in [0.29, 0.717) is 12.5 Å². The Bertz CT molecular complexity index is 853. The van der Waals surface area contributed by atoms with Crippen LogP contribution < -0.4 is 16.0 Å². The lowest BCUT2D eigenvalue weighted by Gasteiger charge is -2.17. The predicted molar refractivity (Wildman–Crippen MR) is 117 cm³/mol. The minimum Gasteiger partial charge on any atom is -0.376 e. The van der Waals surface area contributed by atoms with Gasteiger partial charge in [0, 0.05) is 43.8 Å². The Labute approximate surface area is 178 Å². The van der Waals surface area contributed by atoms with E-state index < -0.39 is 0 Å². The number of urea groups is 1. The second-order valence-electron chi connectivity index (χ2n) is 7.24. The summed E-state index contributed by atoms with van der Waals surface area (Å²) in [5.41, 5.74) is 1.54. The molecule has 0 aliphatic carbocycles. The van der Waals surface area contributed by atoms with Gasteiger partial charge in [0.05, 0.1) is 10.6 Å². The molecule has 1 aromatic heterocycles. The standard InChI is InChI=1S/C20H25BrN6O2/c21-17-13-23-19(26-18(17)22-12-16-7-4-10-29-16)24-14-5-3-6-15(11-14)25-20(28)27-8-1-2-9-27/h3,5-6,11,13,16H,1-2,4,7-10,12H2,(H,25,28)(H2,22,23,24,26). The summed E-state index contributed by atoms with van der Waals surface area (Å²) in [7, 11) is 0. The molecule has 0 saturated carbocycles. The highest BCUT2D eigenvalue weighted by Crippen LogP contribution is 2.24. The van der Waals surface area contributed by atoms with Gasteiger partial charge >= 0.3 is 6.03 Å². The molecule has 2 saturated heterocycles. The molecule has 4 rings (SSSR count). The second-order valence-corrected chi connectivity index (χ2v) is 8.09. The third-order valence-corrected chi connectivity index (χ3v) is 5.61. The van der Waals surface area contributed by atoms with Gasteiger partial charge in [0.1, 0.15) is 5.82 Å². The first-order valence-corrected chi connectivity index (χ1v) is 10.8. The first-order valence-electron chi connectivity index (χ1n) is 9.98. The van der Waals surface area contributed by atoms with Gasteiger partial charge < -0.3 is 25.6 Å². The smallest absolute Gasteiger partial charge is 0.321 e. The minimum atomic E-state index is -0.0554. The number of nitrogens with zero attached hydrogens (tertiary/aromatic N) is 3. The molecule has 1 unspecified atom stereocenters. The average molecular weight is 461 g/mol. The van der Waals surface area contributed by atoms with Crippen molar-refractivity contribution in [3.63, 3.8) is 0 Å². The maximum Gasteiger partial charge on any atom is 0.321 e. The number of amides is 2. The van der Waals surface area contributed by atoms with Crippen LogP contribution in [0.3, 0.4) is 0 Å². The van der Waals surface area contributed by atoms with Crippen molar-refractivity contribution < 1.29 is 9.53 Å². The fourth-order valence-electron chi connectivity index (χ4n) is 3.49. The number of anilines is 4. The molecule has 3 N–H and O–H groups in total. The Morgan fingerprint density at radius 2 is 2.07 bits per heavy atom. The number of carbonyl (C=O) groups excluding carboxylic acids is 1. The largest absolute Gasteiger partial charge is 0.376 e. The molecule has 2 amide bonds. The molecule has 29 heavy (non-hydrogen) atoms. The highest BCUT2D eigenvalue weighted by Gasteiger charge is 2.18. The van der Waals surface area contributed by atoms with Crippen molar-refractivity contribution in [1.82, 2.24) is 14.9 Å². The van der Waals surface area contributed by atoms with Crippen LogP contribution in [0.4, 0.5) is 27.9 Å². The van der Waals surface area contributed by atoms with Crippen LogP contribution in [0.5, 0.6) is 0 Å². The lowest BCUT2D eigenvalue weighted by Crippen LogP contribution is -2.32. The van der Waals surface area contributed by atoms with Crippen LogP contribution in [0, 0.1) is 0 Å². The Balaban J connectivity index is 1.39. The molecule has 0 spiro atoms. The summed E-state index contributed by atoms with van der Waals surface area (Å²) in [6.07, 6.45) is 6.25. The second kappa shape index (κ2) is 9.41. The Morgan fingerprint density at radius 3 is 2.86 bits per heavy atom. The third kappa shape index (κ3) is 5.36. The topological polar surface area (TPSA) is 91.4 Å². The van der Waals surface area contributed by atoms with Gasteiger partial charge in [-0.05, 0) is 59.8 Å². The summed E-state index contributed by atoms with van der Waals surface area (Å²) in [5, 5.41) is 9.48. The van der Waals surface area contributed by atoms with Crippen LogP contribution >= 0.6 is 15.9 Å². The van der Waals surface area contributed by atoms with Crippen molar-refractivity contribution >= 4 is 45.1 Å². The van der Waals surface area contributed by atoms with E-state index in [1.165, 1.54) is 0 Å². The van der Waals surface area contributed by atoms with Crippen molar-refractivity contribution in [1.29, 1.82) is 0 Å². The van der Waals surface area contributed by atoms with Crippen molar-refractivity contribution in [2.75, 3.05) is 42.2 Å². The molecular formula is C20H25BrN6O2. The molecule has 2 aromatic rings. The van der Waals surface area contributed by atoms with Crippen molar-refractivity contribution in [3.8, 4) is 0 Å². The summed E-state index contributed by atoms with van der Waals surface area (Å²) in [4.78, 5) is 23.0. The van der Waals surface area contributed by atoms with Crippen LogP contribution in [0.25, 0.3) is 0 Å². The van der Waals surface area contributed by atoms with Crippen molar-refractivity contribution in [3.05, 3.63) is 34.9 Å². The molecule has 3 heterocycles. The van der Waals surface area contributed by atoms with E-state index in [4.69, 9.17) is 4.74 Å². The normalized spacial score (nSPS) is 18.7.